The summed E-state index contributed by atoms with van der Waals surface area (Å²) >= 11 is 0. The Morgan fingerprint density at radius 2 is 1.62 bits per heavy atom. The molecule has 0 aliphatic heterocycles. The highest BCUT2D eigenvalue weighted by Gasteiger charge is 2.21. The molecule has 0 unspecified atom stereocenters. The van der Waals surface area contributed by atoms with E-state index in [1.54, 1.807) is 26.2 Å². The number of hydrogen-bond acceptors (Lipinski definition) is 3. The van der Waals surface area contributed by atoms with Gasteiger partial charge in [-0.1, -0.05) is 52.0 Å². The van der Waals surface area contributed by atoms with Gasteiger partial charge in [-0.2, -0.15) is 0 Å². The van der Waals surface area contributed by atoms with Gasteiger partial charge in [-0.3, -0.25) is 0 Å². The van der Waals surface area contributed by atoms with Gasteiger partial charge < -0.3 is 14.3 Å². The van der Waals surface area contributed by atoms with Crippen molar-refractivity contribution in [1.82, 2.24) is 0 Å². The Kier molecular flexibility index (Phi) is 8.14. The van der Waals surface area contributed by atoms with Crippen molar-refractivity contribution in [2.45, 2.75) is 65.4 Å². The second-order valence-corrected chi connectivity index (χ2v) is 9.84. The first kappa shape index (κ1) is 25.5. The summed E-state index contributed by atoms with van der Waals surface area (Å²) in [5.41, 5.74) is 4.37. The van der Waals surface area contributed by atoms with Gasteiger partial charge in [-0.05, 0) is 83.3 Å². The maximum atomic E-state index is 14.8. The van der Waals surface area contributed by atoms with Crippen molar-refractivity contribution in [1.29, 1.82) is 0 Å². The molecule has 3 aromatic carbocycles. The lowest BCUT2D eigenvalue weighted by molar-refractivity contribution is -0.117. The van der Waals surface area contributed by atoms with E-state index in [1.807, 2.05) is 36.4 Å². The van der Waals surface area contributed by atoms with Gasteiger partial charge in [0.25, 0.3) is 0 Å². The summed E-state index contributed by atoms with van der Waals surface area (Å²) in [6.07, 6.45) is 1.48. The van der Waals surface area contributed by atoms with Crippen molar-refractivity contribution in [3.05, 3.63) is 83.2 Å². The van der Waals surface area contributed by atoms with Crippen LogP contribution in [0.5, 0.6) is 11.5 Å². The quantitative estimate of drug-likeness (QED) is 0.325. The molecule has 4 heteroatoms. The summed E-state index contributed by atoms with van der Waals surface area (Å²) < 4.78 is 26.2. The van der Waals surface area contributed by atoms with Crippen LogP contribution >= 0.6 is 0 Å². The fraction of sp³-hybridized carbons (Fsp3) is 0.367. The lowest BCUT2D eigenvalue weighted by Crippen LogP contribution is -2.13. The van der Waals surface area contributed by atoms with E-state index in [2.05, 4.69) is 33.8 Å². The fourth-order valence-corrected chi connectivity index (χ4v) is 4.24. The van der Waals surface area contributed by atoms with Crippen LogP contribution < -0.4 is 9.47 Å². The van der Waals surface area contributed by atoms with E-state index in [0.29, 0.717) is 24.3 Å². The predicted octanol–water partition coefficient (Wildman–Crippen LogP) is 7.85. The van der Waals surface area contributed by atoms with Gasteiger partial charge >= 0.3 is 0 Å². The number of halogens is 1. The number of carbonyl (C=O) groups is 1. The number of carbonyl (C=O) groups excluding carboxylic acids is 1. The smallest absolute Gasteiger partial charge is 0.131 e. The molecule has 3 aromatic rings. The number of ketones is 1. The number of ether oxygens (including phenoxy) is 2. The van der Waals surface area contributed by atoms with Crippen LogP contribution in [0.4, 0.5) is 4.39 Å². The average molecular weight is 463 g/mol. The molecule has 0 bridgehead atoms. The maximum Gasteiger partial charge on any atom is 0.131 e. The first-order valence-electron chi connectivity index (χ1n) is 11.8. The molecule has 0 amide bonds. The van der Waals surface area contributed by atoms with Crippen LogP contribution in [0.2, 0.25) is 0 Å². The van der Waals surface area contributed by atoms with Gasteiger partial charge in [-0.15, -0.1) is 0 Å². The summed E-state index contributed by atoms with van der Waals surface area (Å²) in [6.45, 7) is 10.5. The van der Waals surface area contributed by atoms with Gasteiger partial charge in [0.2, 0.25) is 0 Å². The molecule has 3 nitrogen and oxygen atoms in total. The molecular formula is C30H35FO3. The molecule has 3 rings (SSSR count). The van der Waals surface area contributed by atoms with E-state index in [-0.39, 0.29) is 22.9 Å². The van der Waals surface area contributed by atoms with Gasteiger partial charge in [-0.25, -0.2) is 4.39 Å². The molecule has 34 heavy (non-hydrogen) atoms. The van der Waals surface area contributed by atoms with E-state index >= 15 is 0 Å². The summed E-state index contributed by atoms with van der Waals surface area (Å²) in [5, 5.41) is 0. The number of rotatable bonds is 9. The summed E-state index contributed by atoms with van der Waals surface area (Å²) in [6, 6.07) is 18.9. The number of benzene rings is 3. The molecule has 0 fully saturated rings. The normalized spacial score (nSPS) is 12.3. The topological polar surface area (TPSA) is 35.5 Å². The molecule has 0 radical (unpaired) electrons. The van der Waals surface area contributed by atoms with Crippen molar-refractivity contribution in [2.75, 3.05) is 7.11 Å². The van der Waals surface area contributed by atoms with Crippen molar-refractivity contribution in [3.8, 4) is 22.6 Å². The fourth-order valence-electron chi connectivity index (χ4n) is 4.24. The Labute approximate surface area is 202 Å². The summed E-state index contributed by atoms with van der Waals surface area (Å²) in [5.74, 6) is 1.53. The molecule has 0 N–H and O–H groups in total. The Balaban J connectivity index is 1.85. The molecule has 0 aliphatic rings. The minimum absolute atomic E-state index is 0.157. The van der Waals surface area contributed by atoms with Crippen LogP contribution in [0.25, 0.3) is 11.1 Å². The zero-order valence-corrected chi connectivity index (χ0v) is 21.1. The van der Waals surface area contributed by atoms with Crippen LogP contribution in [-0.2, 0) is 16.8 Å². The van der Waals surface area contributed by atoms with Crippen LogP contribution in [0.15, 0.2) is 60.7 Å². The standard InChI is InChI=1S/C30H35FO3/c1-7-22(16-20(2)32)23-9-11-24(12-10-23)34-19-21-8-14-28(30(3,4)5)26(17-21)27-18-25(33-6)13-15-29(27)31/h8-15,17-18,22H,7,16,19H2,1-6H3/t22-/m1/s1. The third kappa shape index (κ3) is 6.25. The highest BCUT2D eigenvalue weighted by molar-refractivity contribution is 5.76. The molecular weight excluding hydrogens is 427 g/mol. The molecule has 0 aromatic heterocycles. The second-order valence-electron chi connectivity index (χ2n) is 9.84. The Morgan fingerprint density at radius 3 is 2.21 bits per heavy atom. The molecule has 1 atom stereocenters. The van der Waals surface area contributed by atoms with E-state index in [1.165, 1.54) is 6.07 Å². The third-order valence-electron chi connectivity index (χ3n) is 6.14. The monoisotopic (exact) mass is 462 g/mol. The first-order chi connectivity index (χ1) is 16.1. The molecule has 180 valence electrons. The highest BCUT2D eigenvalue weighted by Crippen LogP contribution is 2.37. The van der Waals surface area contributed by atoms with E-state index in [9.17, 15) is 9.18 Å². The predicted molar refractivity (Wildman–Crippen MR) is 136 cm³/mol. The molecule has 0 spiro atoms. The third-order valence-corrected chi connectivity index (χ3v) is 6.14. The van der Waals surface area contributed by atoms with Gasteiger partial charge in [0.15, 0.2) is 0 Å². The van der Waals surface area contributed by atoms with E-state index in [4.69, 9.17) is 9.47 Å². The van der Waals surface area contributed by atoms with Gasteiger partial charge in [0.05, 0.1) is 7.11 Å². The van der Waals surface area contributed by atoms with Crippen molar-refractivity contribution >= 4 is 5.78 Å². The lowest BCUT2D eigenvalue weighted by atomic mass is 9.81. The summed E-state index contributed by atoms with van der Waals surface area (Å²) in [7, 11) is 1.58. The minimum Gasteiger partial charge on any atom is -0.497 e. The largest absolute Gasteiger partial charge is 0.497 e. The minimum atomic E-state index is -0.281. The number of Topliss-reactive ketones (excluding diaryl/α,β-unsaturated/α-hetero) is 1. The Hall–Kier alpha value is -3.14. The average Bonchev–Trinajstić information content (AvgIpc) is 2.81. The van der Waals surface area contributed by atoms with Crippen molar-refractivity contribution in [3.63, 3.8) is 0 Å². The molecule has 0 heterocycles. The summed E-state index contributed by atoms with van der Waals surface area (Å²) in [4.78, 5) is 11.5. The van der Waals surface area contributed by atoms with Crippen LogP contribution in [0.1, 0.15) is 70.1 Å². The van der Waals surface area contributed by atoms with Crippen LogP contribution in [0.3, 0.4) is 0 Å². The van der Waals surface area contributed by atoms with E-state index in [0.717, 1.165) is 34.4 Å². The number of methoxy groups -OCH3 is 1. The van der Waals surface area contributed by atoms with E-state index < -0.39 is 0 Å². The molecule has 0 aliphatic carbocycles. The first-order valence-corrected chi connectivity index (χ1v) is 11.8. The number of hydrogen-bond donors (Lipinski definition) is 0. The second kappa shape index (κ2) is 10.9. The van der Waals surface area contributed by atoms with Gasteiger partial charge in [0, 0.05) is 12.0 Å². The highest BCUT2D eigenvalue weighted by atomic mass is 19.1. The van der Waals surface area contributed by atoms with Crippen LogP contribution in [-0.4, -0.2) is 12.9 Å². The van der Waals surface area contributed by atoms with Crippen molar-refractivity contribution < 1.29 is 18.7 Å². The SMILES string of the molecule is CC[C@H](CC(C)=O)c1ccc(OCc2ccc(C(C)(C)C)c(-c3cc(OC)ccc3F)c2)cc1. The Bertz CT molecular complexity index is 1130. The maximum absolute atomic E-state index is 14.8. The molecule has 0 saturated heterocycles. The van der Waals surface area contributed by atoms with Crippen LogP contribution in [0, 0.1) is 5.82 Å². The zero-order valence-electron chi connectivity index (χ0n) is 21.1. The molecule has 0 saturated carbocycles. The zero-order chi connectivity index (χ0) is 24.9. The Morgan fingerprint density at radius 1 is 0.941 bits per heavy atom. The lowest BCUT2D eigenvalue weighted by Gasteiger charge is -2.24. The van der Waals surface area contributed by atoms with Crippen molar-refractivity contribution in [2.24, 2.45) is 0 Å². The van der Waals surface area contributed by atoms with Gasteiger partial charge in [0.1, 0.15) is 29.7 Å².